The first-order valence-electron chi connectivity index (χ1n) is 6.61. The molecule has 2 rings (SSSR count). The second-order valence-electron chi connectivity index (χ2n) is 4.45. The summed E-state index contributed by atoms with van der Waals surface area (Å²) in [5, 5.41) is 6.89. The van der Waals surface area contributed by atoms with E-state index in [1.54, 1.807) is 13.2 Å². The molecule has 21 heavy (non-hydrogen) atoms. The molecule has 2 N–H and O–H groups in total. The summed E-state index contributed by atoms with van der Waals surface area (Å²) in [7, 11) is 1.63. The Hall–Kier alpha value is -1.93. The average Bonchev–Trinajstić information content (AvgIpc) is 2.47. The summed E-state index contributed by atoms with van der Waals surface area (Å²) in [5.41, 5.74) is -0.499. The van der Waals surface area contributed by atoms with E-state index in [0.717, 1.165) is 23.6 Å². The van der Waals surface area contributed by atoms with Crippen LogP contribution in [-0.4, -0.2) is 26.3 Å². The lowest BCUT2D eigenvalue weighted by Crippen LogP contribution is -2.33. The first kappa shape index (κ1) is 15.5. The maximum Gasteiger partial charge on any atom is 0.339 e. The monoisotopic (exact) mass is 307 g/mol. The summed E-state index contributed by atoms with van der Waals surface area (Å²) in [4.78, 5) is 30.7. The topological polar surface area (TPSA) is 92.7 Å². The van der Waals surface area contributed by atoms with Crippen molar-refractivity contribution >= 4 is 11.8 Å². The van der Waals surface area contributed by atoms with Crippen LogP contribution >= 0.6 is 11.8 Å². The van der Waals surface area contributed by atoms with Gasteiger partial charge in [0, 0.05) is 19.8 Å². The fourth-order valence-corrected chi connectivity index (χ4v) is 2.56. The van der Waals surface area contributed by atoms with Crippen LogP contribution in [-0.2, 0) is 13.6 Å². The normalized spacial score (nSPS) is 10.8. The molecule has 0 atom stereocenters. The molecule has 0 radical (unpaired) electrons. The van der Waals surface area contributed by atoms with Crippen LogP contribution in [0.1, 0.15) is 18.9 Å². The van der Waals surface area contributed by atoms with Gasteiger partial charge in [-0.3, -0.25) is 19.4 Å². The van der Waals surface area contributed by atoms with Crippen molar-refractivity contribution in [3.05, 3.63) is 44.6 Å². The van der Waals surface area contributed by atoms with Gasteiger partial charge in [-0.1, -0.05) is 13.0 Å². The highest BCUT2D eigenvalue weighted by atomic mass is 32.2. The minimum Gasteiger partial charge on any atom is -0.313 e. The van der Waals surface area contributed by atoms with Crippen LogP contribution in [0.2, 0.25) is 0 Å². The van der Waals surface area contributed by atoms with Gasteiger partial charge in [-0.25, -0.2) is 4.98 Å². The molecule has 7 nitrogen and oxygen atoms in total. The highest BCUT2D eigenvalue weighted by Crippen LogP contribution is 2.25. The molecule has 0 fully saturated rings. The van der Waals surface area contributed by atoms with Crippen molar-refractivity contribution in [1.29, 1.82) is 0 Å². The molecule has 2 aromatic heterocycles. The molecule has 0 saturated heterocycles. The van der Waals surface area contributed by atoms with E-state index in [4.69, 9.17) is 0 Å². The second kappa shape index (κ2) is 7.19. The van der Waals surface area contributed by atoms with Gasteiger partial charge in [-0.05, 0) is 36.4 Å². The van der Waals surface area contributed by atoms with Gasteiger partial charge in [0.1, 0.15) is 5.03 Å². The molecule has 0 saturated carbocycles. The smallest absolute Gasteiger partial charge is 0.313 e. The molecular formula is C13H17N5O2S. The first-order chi connectivity index (χ1) is 10.1. The van der Waals surface area contributed by atoms with Gasteiger partial charge in [-0.2, -0.15) is 4.98 Å². The largest absolute Gasteiger partial charge is 0.339 e. The Bertz CT molecular complexity index is 725. The maximum atomic E-state index is 11.4. The van der Waals surface area contributed by atoms with Crippen LogP contribution in [0.5, 0.6) is 0 Å². The van der Waals surface area contributed by atoms with Gasteiger partial charge >= 0.3 is 11.1 Å². The minimum absolute atomic E-state index is 0.398. The molecule has 0 unspecified atom stereocenters. The van der Waals surface area contributed by atoms with Crippen molar-refractivity contribution in [1.82, 2.24) is 25.1 Å². The van der Waals surface area contributed by atoms with E-state index >= 15 is 0 Å². The van der Waals surface area contributed by atoms with Gasteiger partial charge in [0.05, 0.1) is 0 Å². The van der Waals surface area contributed by atoms with E-state index in [-0.39, 0.29) is 0 Å². The van der Waals surface area contributed by atoms with Gasteiger partial charge in [0.2, 0.25) is 0 Å². The van der Waals surface area contributed by atoms with E-state index in [9.17, 15) is 9.59 Å². The quantitative estimate of drug-likeness (QED) is 0.597. The maximum absolute atomic E-state index is 11.4. The molecule has 0 aliphatic rings. The van der Waals surface area contributed by atoms with Crippen LogP contribution in [0.25, 0.3) is 0 Å². The number of aromatic amines is 1. The Morgan fingerprint density at radius 2 is 2.24 bits per heavy atom. The summed E-state index contributed by atoms with van der Waals surface area (Å²) in [6, 6.07) is 3.84. The van der Waals surface area contributed by atoms with Crippen LogP contribution in [0, 0.1) is 0 Å². The molecule has 0 aliphatic heterocycles. The zero-order chi connectivity index (χ0) is 15.2. The molecule has 0 aliphatic carbocycles. The highest BCUT2D eigenvalue weighted by molar-refractivity contribution is 7.99. The lowest BCUT2D eigenvalue weighted by Gasteiger charge is -2.10. The van der Waals surface area contributed by atoms with Crippen molar-refractivity contribution in [3.63, 3.8) is 0 Å². The zero-order valence-electron chi connectivity index (χ0n) is 11.9. The van der Waals surface area contributed by atoms with Gasteiger partial charge < -0.3 is 5.32 Å². The number of H-pyrrole nitrogens is 1. The lowest BCUT2D eigenvalue weighted by atomic mass is 10.3. The van der Waals surface area contributed by atoms with E-state index in [1.807, 2.05) is 12.1 Å². The van der Waals surface area contributed by atoms with Crippen LogP contribution < -0.4 is 16.4 Å². The number of aromatic nitrogens is 4. The number of pyridine rings is 1. The Morgan fingerprint density at radius 1 is 1.43 bits per heavy atom. The fraction of sp³-hybridized carbons (Fsp3) is 0.385. The van der Waals surface area contributed by atoms with E-state index in [1.165, 1.54) is 16.4 Å². The van der Waals surface area contributed by atoms with Crippen molar-refractivity contribution < 1.29 is 0 Å². The van der Waals surface area contributed by atoms with Gasteiger partial charge in [0.25, 0.3) is 0 Å². The summed E-state index contributed by atoms with van der Waals surface area (Å²) in [5.74, 6) is 0. The van der Waals surface area contributed by atoms with Crippen molar-refractivity contribution in [2.45, 2.75) is 30.1 Å². The van der Waals surface area contributed by atoms with Gasteiger partial charge in [0.15, 0.2) is 5.16 Å². The first-order valence-corrected chi connectivity index (χ1v) is 7.43. The Balaban J connectivity index is 2.25. The number of hydrogen-bond acceptors (Lipinski definition) is 6. The fourth-order valence-electron chi connectivity index (χ4n) is 1.69. The number of nitrogens with one attached hydrogen (secondary N) is 2. The van der Waals surface area contributed by atoms with Gasteiger partial charge in [-0.15, -0.1) is 0 Å². The predicted molar refractivity (Wildman–Crippen MR) is 80.5 cm³/mol. The summed E-state index contributed by atoms with van der Waals surface area (Å²) >= 11 is 1.25. The average molecular weight is 307 g/mol. The molecule has 112 valence electrons. The summed E-state index contributed by atoms with van der Waals surface area (Å²) < 4.78 is 1.42. The molecule has 2 aromatic rings. The number of rotatable bonds is 6. The van der Waals surface area contributed by atoms with Crippen molar-refractivity contribution in [2.75, 3.05) is 6.54 Å². The number of aryl methyl sites for hydroxylation is 1. The Labute approximate surface area is 125 Å². The van der Waals surface area contributed by atoms with Crippen LogP contribution in [0.3, 0.4) is 0 Å². The Kier molecular flexibility index (Phi) is 5.29. The molecule has 0 amide bonds. The number of hydrogen-bond donors (Lipinski definition) is 2. The van der Waals surface area contributed by atoms with Crippen molar-refractivity contribution in [3.8, 4) is 0 Å². The van der Waals surface area contributed by atoms with E-state index < -0.39 is 11.1 Å². The molecule has 2 heterocycles. The Morgan fingerprint density at radius 3 is 3.00 bits per heavy atom. The summed E-state index contributed by atoms with van der Waals surface area (Å²) in [6.45, 7) is 3.72. The third-order valence-corrected chi connectivity index (χ3v) is 3.84. The second-order valence-corrected chi connectivity index (χ2v) is 5.40. The minimum atomic E-state index is -0.794. The zero-order valence-corrected chi connectivity index (χ0v) is 12.7. The third kappa shape index (κ3) is 4.02. The summed E-state index contributed by atoms with van der Waals surface area (Å²) in [6.07, 6.45) is 2.74. The SMILES string of the molecule is CCCNCc1cccnc1Sc1nc(=O)c(=O)[nH]n1C. The van der Waals surface area contributed by atoms with Crippen LogP contribution in [0.4, 0.5) is 0 Å². The van der Waals surface area contributed by atoms with E-state index in [0.29, 0.717) is 11.7 Å². The highest BCUT2D eigenvalue weighted by Gasteiger charge is 2.10. The lowest BCUT2D eigenvalue weighted by molar-refractivity contribution is 0.595. The van der Waals surface area contributed by atoms with E-state index in [2.05, 4.69) is 27.3 Å². The molecule has 0 spiro atoms. The number of nitrogens with zero attached hydrogens (tertiary/aromatic N) is 3. The standard InChI is InChI=1S/C13H17N5O2S/c1-3-6-14-8-9-5-4-7-15-12(9)21-13-16-10(19)11(20)17-18(13)2/h4-5,7,14H,3,6,8H2,1-2H3,(H,17,20). The van der Waals surface area contributed by atoms with Crippen molar-refractivity contribution in [2.24, 2.45) is 7.05 Å². The molecular weight excluding hydrogens is 290 g/mol. The molecule has 0 bridgehead atoms. The predicted octanol–water partition coefficient (Wildman–Crippen LogP) is 0.514. The molecule has 8 heteroatoms. The third-order valence-electron chi connectivity index (χ3n) is 2.73. The van der Waals surface area contributed by atoms with Crippen LogP contribution in [0.15, 0.2) is 38.1 Å². The molecule has 0 aromatic carbocycles.